The smallest absolute Gasteiger partial charge is 0.337 e. The molecule has 1 heterocycles. The van der Waals surface area contributed by atoms with Crippen LogP contribution in [-0.4, -0.2) is 45.5 Å². The Morgan fingerprint density at radius 1 is 1.08 bits per heavy atom. The molecule has 2 rings (SSSR count). The first-order valence-corrected chi connectivity index (χ1v) is 8.03. The zero-order chi connectivity index (χ0) is 19.3. The third kappa shape index (κ3) is 4.05. The fourth-order valence-electron chi connectivity index (χ4n) is 2.61. The molecule has 26 heavy (non-hydrogen) atoms. The summed E-state index contributed by atoms with van der Waals surface area (Å²) in [6.45, 7) is 0. The standard InChI is InChI=1S/C17H20N2O6S/c1-22-11-6-5-9(7-12(11)23-2)15-14(16(21)25-4)10(8-13(20)24-3)18-17(26)19-15/h5-7,15H,8H2,1-4H3,(H2,18,19,26). The van der Waals surface area contributed by atoms with Gasteiger partial charge in [0, 0.05) is 5.70 Å². The predicted octanol–water partition coefficient (Wildman–Crippen LogP) is 1.21. The first kappa shape index (κ1) is 19.5. The van der Waals surface area contributed by atoms with E-state index in [4.69, 9.17) is 31.2 Å². The fraction of sp³-hybridized carbons (Fsp3) is 0.353. The van der Waals surface area contributed by atoms with Crippen molar-refractivity contribution in [3.8, 4) is 11.5 Å². The minimum absolute atomic E-state index is 0.146. The summed E-state index contributed by atoms with van der Waals surface area (Å²) in [4.78, 5) is 24.1. The number of thiocarbonyl (C=S) groups is 1. The van der Waals surface area contributed by atoms with Gasteiger partial charge in [-0.2, -0.15) is 0 Å². The summed E-state index contributed by atoms with van der Waals surface area (Å²) in [5.41, 5.74) is 1.25. The van der Waals surface area contributed by atoms with Crippen LogP contribution in [0.1, 0.15) is 18.0 Å². The van der Waals surface area contributed by atoms with E-state index in [0.29, 0.717) is 22.8 Å². The Hall–Kier alpha value is -2.81. The van der Waals surface area contributed by atoms with Gasteiger partial charge in [0.15, 0.2) is 16.6 Å². The SMILES string of the molecule is COC(=O)CC1=C(C(=O)OC)C(c2ccc(OC)c(OC)c2)NC(=S)N1. The van der Waals surface area contributed by atoms with Gasteiger partial charge in [-0.3, -0.25) is 4.79 Å². The third-order valence-corrected chi connectivity index (χ3v) is 4.07. The van der Waals surface area contributed by atoms with Crippen molar-refractivity contribution in [2.75, 3.05) is 28.4 Å². The second kappa shape index (κ2) is 8.52. The van der Waals surface area contributed by atoms with Crippen molar-refractivity contribution >= 4 is 29.3 Å². The van der Waals surface area contributed by atoms with Crippen LogP contribution in [0.25, 0.3) is 0 Å². The van der Waals surface area contributed by atoms with Gasteiger partial charge in [0.05, 0.1) is 46.5 Å². The van der Waals surface area contributed by atoms with E-state index in [1.165, 1.54) is 28.4 Å². The number of carbonyl (C=O) groups excluding carboxylic acids is 2. The van der Waals surface area contributed by atoms with E-state index in [1.54, 1.807) is 18.2 Å². The van der Waals surface area contributed by atoms with Crippen molar-refractivity contribution in [3.63, 3.8) is 0 Å². The molecule has 0 amide bonds. The Kier molecular flexibility index (Phi) is 6.40. The number of rotatable bonds is 6. The van der Waals surface area contributed by atoms with Crippen LogP contribution in [-0.2, 0) is 19.1 Å². The number of hydrogen-bond donors (Lipinski definition) is 2. The minimum atomic E-state index is -0.629. The molecule has 1 aliphatic heterocycles. The van der Waals surface area contributed by atoms with Crippen molar-refractivity contribution in [2.45, 2.75) is 12.5 Å². The van der Waals surface area contributed by atoms with Gasteiger partial charge in [-0.15, -0.1) is 0 Å². The molecule has 2 N–H and O–H groups in total. The molecule has 1 unspecified atom stereocenters. The van der Waals surface area contributed by atoms with Gasteiger partial charge >= 0.3 is 11.9 Å². The molecule has 0 saturated heterocycles. The van der Waals surface area contributed by atoms with Crippen LogP contribution in [0.2, 0.25) is 0 Å². The molecule has 140 valence electrons. The quantitative estimate of drug-likeness (QED) is 0.558. The highest BCUT2D eigenvalue weighted by molar-refractivity contribution is 7.80. The predicted molar refractivity (Wildman–Crippen MR) is 96.8 cm³/mol. The maximum atomic E-state index is 12.4. The van der Waals surface area contributed by atoms with Crippen molar-refractivity contribution < 1.29 is 28.5 Å². The number of carbonyl (C=O) groups is 2. The van der Waals surface area contributed by atoms with Crippen LogP contribution >= 0.6 is 12.2 Å². The zero-order valence-electron chi connectivity index (χ0n) is 14.9. The second-order valence-electron chi connectivity index (χ2n) is 5.28. The first-order chi connectivity index (χ1) is 12.4. The van der Waals surface area contributed by atoms with Crippen LogP contribution in [0.5, 0.6) is 11.5 Å². The van der Waals surface area contributed by atoms with E-state index in [0.717, 1.165) is 0 Å². The molecule has 0 fully saturated rings. The Balaban J connectivity index is 2.56. The summed E-state index contributed by atoms with van der Waals surface area (Å²) in [7, 11) is 5.58. The lowest BCUT2D eigenvalue weighted by Gasteiger charge is -2.30. The average molecular weight is 380 g/mol. The van der Waals surface area contributed by atoms with Crippen LogP contribution < -0.4 is 20.1 Å². The number of ether oxygens (including phenoxy) is 4. The number of hydrogen-bond acceptors (Lipinski definition) is 7. The zero-order valence-corrected chi connectivity index (χ0v) is 15.7. The molecule has 0 aliphatic carbocycles. The normalized spacial score (nSPS) is 16.3. The summed E-state index contributed by atoms with van der Waals surface area (Å²) < 4.78 is 20.1. The van der Waals surface area contributed by atoms with Crippen LogP contribution in [0, 0.1) is 0 Å². The first-order valence-electron chi connectivity index (χ1n) is 7.62. The maximum Gasteiger partial charge on any atom is 0.337 e. The molecule has 9 heteroatoms. The number of esters is 2. The van der Waals surface area contributed by atoms with E-state index in [-0.39, 0.29) is 17.1 Å². The molecule has 0 saturated carbocycles. The molecule has 0 spiro atoms. The number of methoxy groups -OCH3 is 4. The lowest BCUT2D eigenvalue weighted by atomic mass is 9.94. The maximum absolute atomic E-state index is 12.4. The summed E-state index contributed by atoms with van der Waals surface area (Å²) >= 11 is 5.22. The molecule has 1 aromatic rings. The van der Waals surface area contributed by atoms with Crippen molar-refractivity contribution in [1.29, 1.82) is 0 Å². The summed E-state index contributed by atoms with van der Waals surface area (Å²) in [6.07, 6.45) is -0.146. The molecular weight excluding hydrogens is 360 g/mol. The molecule has 8 nitrogen and oxygen atoms in total. The number of nitrogens with one attached hydrogen (secondary N) is 2. The number of benzene rings is 1. The minimum Gasteiger partial charge on any atom is -0.493 e. The van der Waals surface area contributed by atoms with E-state index in [1.807, 2.05) is 0 Å². The molecule has 0 aromatic heterocycles. The summed E-state index contributed by atoms with van der Waals surface area (Å²) in [5, 5.41) is 6.14. The van der Waals surface area contributed by atoms with Gasteiger partial charge in [0.2, 0.25) is 0 Å². The van der Waals surface area contributed by atoms with E-state index in [9.17, 15) is 9.59 Å². The molecule has 1 aliphatic rings. The molecule has 0 bridgehead atoms. The van der Waals surface area contributed by atoms with Crippen LogP contribution in [0.3, 0.4) is 0 Å². The van der Waals surface area contributed by atoms with Crippen LogP contribution in [0.15, 0.2) is 29.5 Å². The summed E-state index contributed by atoms with van der Waals surface area (Å²) in [5.74, 6) is -0.0584. The average Bonchev–Trinajstić information content (AvgIpc) is 2.66. The topological polar surface area (TPSA) is 95.1 Å². The monoisotopic (exact) mass is 380 g/mol. The van der Waals surface area contributed by atoms with E-state index < -0.39 is 18.0 Å². The molecule has 1 atom stereocenters. The molecule has 1 aromatic carbocycles. The van der Waals surface area contributed by atoms with Crippen molar-refractivity contribution in [1.82, 2.24) is 10.6 Å². The van der Waals surface area contributed by atoms with Gasteiger partial charge in [0.25, 0.3) is 0 Å². The van der Waals surface area contributed by atoms with Crippen molar-refractivity contribution in [3.05, 3.63) is 35.0 Å². The summed E-state index contributed by atoms with van der Waals surface area (Å²) in [6, 6.07) is 4.58. The van der Waals surface area contributed by atoms with Gasteiger partial charge in [-0.1, -0.05) is 6.07 Å². The lowest BCUT2D eigenvalue weighted by molar-refractivity contribution is -0.139. The molecule has 0 radical (unpaired) electrons. The fourth-order valence-corrected chi connectivity index (χ4v) is 2.85. The van der Waals surface area contributed by atoms with E-state index >= 15 is 0 Å². The Morgan fingerprint density at radius 2 is 1.77 bits per heavy atom. The molecular formula is C17H20N2O6S. The lowest BCUT2D eigenvalue weighted by Crippen LogP contribution is -2.46. The Bertz CT molecular complexity index is 762. The largest absolute Gasteiger partial charge is 0.493 e. The Labute approximate surface area is 156 Å². The van der Waals surface area contributed by atoms with Crippen LogP contribution in [0.4, 0.5) is 0 Å². The second-order valence-corrected chi connectivity index (χ2v) is 5.69. The highest BCUT2D eigenvalue weighted by Gasteiger charge is 2.33. The van der Waals surface area contributed by atoms with Gasteiger partial charge in [-0.05, 0) is 29.9 Å². The third-order valence-electron chi connectivity index (χ3n) is 3.85. The van der Waals surface area contributed by atoms with Crippen molar-refractivity contribution in [2.24, 2.45) is 0 Å². The van der Waals surface area contributed by atoms with Gasteiger partial charge < -0.3 is 29.6 Å². The Morgan fingerprint density at radius 3 is 2.35 bits per heavy atom. The highest BCUT2D eigenvalue weighted by atomic mass is 32.1. The van der Waals surface area contributed by atoms with E-state index in [2.05, 4.69) is 10.6 Å². The highest BCUT2D eigenvalue weighted by Crippen LogP contribution is 2.34. The van der Waals surface area contributed by atoms with Gasteiger partial charge in [0.1, 0.15) is 0 Å². The van der Waals surface area contributed by atoms with Gasteiger partial charge in [-0.25, -0.2) is 4.79 Å².